The molecule has 3 nitrogen and oxygen atoms in total. The van der Waals surface area contributed by atoms with Crippen LogP contribution in [0.15, 0.2) is 97.1 Å². The number of benzene rings is 4. The van der Waals surface area contributed by atoms with Gasteiger partial charge in [0.05, 0.1) is 0 Å². The minimum Gasteiger partial charge on any atom is -0.388 e. The van der Waals surface area contributed by atoms with Crippen LogP contribution in [0, 0.1) is 0 Å². The molecule has 4 aromatic carbocycles. The highest BCUT2D eigenvalue weighted by molar-refractivity contribution is 6.15. The van der Waals surface area contributed by atoms with Gasteiger partial charge in [-0.15, -0.1) is 0 Å². The first-order valence-corrected chi connectivity index (χ1v) is 10.4. The van der Waals surface area contributed by atoms with Crippen molar-refractivity contribution in [3.05, 3.63) is 108 Å². The van der Waals surface area contributed by atoms with Gasteiger partial charge in [0, 0.05) is 60.3 Å². The van der Waals surface area contributed by atoms with Gasteiger partial charge in [0.15, 0.2) is 5.78 Å². The molecule has 0 unspecified atom stereocenters. The fraction of sp³-hybridized carbons (Fsp3) is 0.107. The molecule has 0 radical (unpaired) electrons. The molecule has 0 saturated heterocycles. The molecule has 0 spiro atoms. The standard InChI is InChI=1S/C28H26N2O/c1-29-25-18-9-7-15-23(25)27-22(21-14-8-10-19-26(21)30(2)3)16-11-17-24(27)28(31)20-12-5-4-6-13-20/h4-19,29H,1-3H3. The van der Waals surface area contributed by atoms with E-state index in [0.29, 0.717) is 11.1 Å². The van der Waals surface area contributed by atoms with Crippen molar-refractivity contribution < 1.29 is 4.79 Å². The van der Waals surface area contributed by atoms with Gasteiger partial charge in [0.2, 0.25) is 0 Å². The van der Waals surface area contributed by atoms with Crippen molar-refractivity contribution in [2.45, 2.75) is 0 Å². The highest BCUT2D eigenvalue weighted by Crippen LogP contribution is 2.42. The molecule has 4 rings (SSSR count). The number of ketones is 1. The predicted octanol–water partition coefficient (Wildman–Crippen LogP) is 6.36. The summed E-state index contributed by atoms with van der Waals surface area (Å²) < 4.78 is 0. The van der Waals surface area contributed by atoms with Gasteiger partial charge >= 0.3 is 0 Å². The second kappa shape index (κ2) is 8.88. The molecule has 0 aliphatic carbocycles. The van der Waals surface area contributed by atoms with Crippen LogP contribution in [0.5, 0.6) is 0 Å². The van der Waals surface area contributed by atoms with E-state index in [2.05, 4.69) is 34.5 Å². The normalized spacial score (nSPS) is 10.5. The smallest absolute Gasteiger partial charge is 0.193 e. The fourth-order valence-corrected chi connectivity index (χ4v) is 4.01. The Morgan fingerprint density at radius 1 is 0.677 bits per heavy atom. The van der Waals surface area contributed by atoms with Crippen LogP contribution in [0.1, 0.15) is 15.9 Å². The minimum atomic E-state index is 0.0192. The SMILES string of the molecule is CNc1ccccc1-c1c(C(=O)c2ccccc2)cccc1-c1ccccc1N(C)C. The molecular weight excluding hydrogens is 380 g/mol. The molecule has 31 heavy (non-hydrogen) atoms. The maximum absolute atomic E-state index is 13.6. The minimum absolute atomic E-state index is 0.0192. The summed E-state index contributed by atoms with van der Waals surface area (Å²) in [5.74, 6) is 0.0192. The summed E-state index contributed by atoms with van der Waals surface area (Å²) in [6.45, 7) is 0. The lowest BCUT2D eigenvalue weighted by molar-refractivity contribution is 0.103. The van der Waals surface area contributed by atoms with Crippen molar-refractivity contribution in [3.8, 4) is 22.3 Å². The number of hydrogen-bond acceptors (Lipinski definition) is 3. The van der Waals surface area contributed by atoms with Crippen LogP contribution in [0.25, 0.3) is 22.3 Å². The van der Waals surface area contributed by atoms with Crippen LogP contribution in [-0.2, 0) is 0 Å². The van der Waals surface area contributed by atoms with Gasteiger partial charge in [0.1, 0.15) is 0 Å². The average Bonchev–Trinajstić information content (AvgIpc) is 2.83. The number of nitrogens with one attached hydrogen (secondary N) is 1. The third kappa shape index (κ3) is 3.95. The van der Waals surface area contributed by atoms with Crippen molar-refractivity contribution in [2.24, 2.45) is 0 Å². The quantitative estimate of drug-likeness (QED) is 0.378. The predicted molar refractivity (Wildman–Crippen MR) is 131 cm³/mol. The molecule has 0 fully saturated rings. The highest BCUT2D eigenvalue weighted by Gasteiger charge is 2.21. The van der Waals surface area contributed by atoms with E-state index >= 15 is 0 Å². The van der Waals surface area contributed by atoms with Crippen LogP contribution in [0.2, 0.25) is 0 Å². The first kappa shape index (κ1) is 20.4. The number of rotatable bonds is 6. The third-order valence-corrected chi connectivity index (χ3v) is 5.49. The molecule has 0 aromatic heterocycles. The van der Waals surface area contributed by atoms with Gasteiger partial charge in [-0.25, -0.2) is 0 Å². The third-order valence-electron chi connectivity index (χ3n) is 5.49. The van der Waals surface area contributed by atoms with E-state index in [1.165, 1.54) is 0 Å². The Morgan fingerprint density at radius 3 is 2.00 bits per heavy atom. The zero-order chi connectivity index (χ0) is 21.8. The molecule has 4 aromatic rings. The maximum Gasteiger partial charge on any atom is 0.193 e. The van der Waals surface area contributed by atoms with Gasteiger partial charge in [-0.3, -0.25) is 4.79 Å². The molecule has 0 amide bonds. The van der Waals surface area contributed by atoms with Crippen molar-refractivity contribution in [1.29, 1.82) is 0 Å². The van der Waals surface area contributed by atoms with Crippen LogP contribution in [-0.4, -0.2) is 26.9 Å². The Hall–Kier alpha value is -3.85. The summed E-state index contributed by atoms with van der Waals surface area (Å²) in [6.07, 6.45) is 0. The van der Waals surface area contributed by atoms with Crippen LogP contribution in [0.3, 0.4) is 0 Å². The first-order valence-electron chi connectivity index (χ1n) is 10.4. The summed E-state index contributed by atoms with van der Waals surface area (Å²) in [6, 6.07) is 31.9. The molecule has 0 bridgehead atoms. The fourth-order valence-electron chi connectivity index (χ4n) is 4.01. The number of nitrogens with zero attached hydrogens (tertiary/aromatic N) is 1. The van der Waals surface area contributed by atoms with E-state index in [0.717, 1.165) is 33.6 Å². The van der Waals surface area contributed by atoms with Crippen molar-refractivity contribution in [3.63, 3.8) is 0 Å². The number of hydrogen-bond donors (Lipinski definition) is 1. The first-order chi connectivity index (χ1) is 15.1. The van der Waals surface area contributed by atoms with Crippen molar-refractivity contribution in [1.82, 2.24) is 0 Å². The van der Waals surface area contributed by atoms with Gasteiger partial charge in [-0.1, -0.05) is 84.9 Å². The summed E-state index contributed by atoms with van der Waals surface area (Å²) in [7, 11) is 5.99. The second-order valence-corrected chi connectivity index (χ2v) is 7.63. The van der Waals surface area contributed by atoms with E-state index in [1.807, 2.05) is 93.9 Å². The molecule has 0 heterocycles. The number of anilines is 2. The van der Waals surface area contributed by atoms with E-state index in [-0.39, 0.29) is 5.78 Å². The monoisotopic (exact) mass is 406 g/mol. The topological polar surface area (TPSA) is 32.3 Å². The molecule has 0 aliphatic rings. The highest BCUT2D eigenvalue weighted by atomic mass is 16.1. The number of carbonyl (C=O) groups excluding carboxylic acids is 1. The Balaban J connectivity index is 2.05. The Kier molecular flexibility index (Phi) is 5.85. The Morgan fingerprint density at radius 2 is 1.29 bits per heavy atom. The maximum atomic E-state index is 13.6. The molecule has 0 aliphatic heterocycles. The van der Waals surface area contributed by atoms with Gasteiger partial charge in [0.25, 0.3) is 0 Å². The Bertz CT molecular complexity index is 1210. The molecule has 154 valence electrons. The molecule has 3 heteroatoms. The van der Waals surface area contributed by atoms with Gasteiger partial charge in [-0.05, 0) is 17.7 Å². The largest absolute Gasteiger partial charge is 0.388 e. The van der Waals surface area contributed by atoms with E-state index < -0.39 is 0 Å². The lowest BCUT2D eigenvalue weighted by Gasteiger charge is -2.22. The van der Waals surface area contributed by atoms with E-state index in [4.69, 9.17) is 0 Å². The van der Waals surface area contributed by atoms with E-state index in [9.17, 15) is 4.79 Å². The summed E-state index contributed by atoms with van der Waals surface area (Å²) in [4.78, 5) is 15.7. The zero-order valence-corrected chi connectivity index (χ0v) is 18.1. The molecule has 0 atom stereocenters. The van der Waals surface area contributed by atoms with Crippen LogP contribution >= 0.6 is 0 Å². The van der Waals surface area contributed by atoms with Crippen molar-refractivity contribution in [2.75, 3.05) is 31.4 Å². The van der Waals surface area contributed by atoms with Gasteiger partial charge < -0.3 is 10.2 Å². The zero-order valence-electron chi connectivity index (χ0n) is 18.1. The molecule has 1 N–H and O–H groups in total. The summed E-state index contributed by atoms with van der Waals surface area (Å²) in [5.41, 5.74) is 7.55. The van der Waals surface area contributed by atoms with E-state index in [1.54, 1.807) is 0 Å². The number of para-hydroxylation sites is 2. The average molecular weight is 407 g/mol. The molecular formula is C28H26N2O. The molecule has 0 saturated carbocycles. The lowest BCUT2D eigenvalue weighted by Crippen LogP contribution is -2.11. The number of carbonyl (C=O) groups is 1. The Labute approximate surface area is 184 Å². The lowest BCUT2D eigenvalue weighted by atomic mass is 9.86. The van der Waals surface area contributed by atoms with Crippen LogP contribution < -0.4 is 10.2 Å². The second-order valence-electron chi connectivity index (χ2n) is 7.63. The van der Waals surface area contributed by atoms with Crippen molar-refractivity contribution >= 4 is 17.2 Å². The van der Waals surface area contributed by atoms with Gasteiger partial charge in [-0.2, -0.15) is 0 Å². The summed E-state index contributed by atoms with van der Waals surface area (Å²) >= 11 is 0. The van der Waals surface area contributed by atoms with Crippen LogP contribution in [0.4, 0.5) is 11.4 Å². The summed E-state index contributed by atoms with van der Waals surface area (Å²) in [5, 5.41) is 3.29.